The van der Waals surface area contributed by atoms with Gasteiger partial charge in [0.05, 0.1) is 6.07 Å². The van der Waals surface area contributed by atoms with Crippen molar-refractivity contribution in [2.75, 3.05) is 6.54 Å². The minimum absolute atomic E-state index is 0.0715. The van der Waals surface area contributed by atoms with Gasteiger partial charge in [-0.25, -0.2) is 5.43 Å². The summed E-state index contributed by atoms with van der Waals surface area (Å²) in [4.78, 5) is 12.1. The molecule has 1 aromatic carbocycles. The molecular formula is C13H15N3O. The lowest BCUT2D eigenvalue weighted by atomic mass is 9.97. The Hall–Kier alpha value is -1.86. The number of rotatable bonds is 1. The second-order valence-electron chi connectivity index (χ2n) is 4.32. The molecule has 1 amide bonds. The molecule has 0 radical (unpaired) electrons. The Morgan fingerprint density at radius 1 is 1.47 bits per heavy atom. The lowest BCUT2D eigenvalue weighted by Gasteiger charge is -2.34. The highest BCUT2D eigenvalue weighted by Gasteiger charge is 2.28. The Balaban J connectivity index is 2.09. The Morgan fingerprint density at radius 3 is 2.82 bits per heavy atom. The second kappa shape index (κ2) is 4.98. The van der Waals surface area contributed by atoms with Crippen molar-refractivity contribution in [1.82, 2.24) is 10.4 Å². The number of hydrogen-bond donors (Lipinski definition) is 1. The van der Waals surface area contributed by atoms with E-state index in [1.807, 2.05) is 25.1 Å². The maximum atomic E-state index is 12.1. The van der Waals surface area contributed by atoms with Crippen molar-refractivity contribution in [3.8, 4) is 6.07 Å². The predicted molar refractivity (Wildman–Crippen MR) is 63.8 cm³/mol. The fourth-order valence-corrected chi connectivity index (χ4v) is 1.91. The highest BCUT2D eigenvalue weighted by molar-refractivity contribution is 5.93. The van der Waals surface area contributed by atoms with E-state index in [1.54, 1.807) is 17.1 Å². The number of benzene rings is 1. The zero-order chi connectivity index (χ0) is 12.3. The first-order valence-corrected chi connectivity index (χ1v) is 5.75. The van der Waals surface area contributed by atoms with Crippen molar-refractivity contribution >= 4 is 5.91 Å². The normalized spacial score (nSPS) is 24.1. The molecule has 1 aromatic rings. The van der Waals surface area contributed by atoms with Crippen molar-refractivity contribution in [3.63, 3.8) is 0 Å². The zero-order valence-electron chi connectivity index (χ0n) is 9.76. The number of nitriles is 1. The highest BCUT2D eigenvalue weighted by Crippen LogP contribution is 2.16. The molecule has 0 spiro atoms. The summed E-state index contributed by atoms with van der Waals surface area (Å²) in [6, 6.07) is 11.0. The lowest BCUT2D eigenvalue weighted by molar-refractivity contribution is 0.0508. The number of hydrazine groups is 1. The molecule has 1 aliphatic rings. The van der Waals surface area contributed by atoms with Gasteiger partial charge in [0.25, 0.3) is 5.91 Å². The Labute approximate surface area is 101 Å². The van der Waals surface area contributed by atoms with Gasteiger partial charge >= 0.3 is 0 Å². The van der Waals surface area contributed by atoms with Crippen LogP contribution in [0.2, 0.25) is 0 Å². The monoisotopic (exact) mass is 229 g/mol. The minimum Gasteiger partial charge on any atom is -0.273 e. The van der Waals surface area contributed by atoms with Crippen LogP contribution in [0.5, 0.6) is 0 Å². The van der Waals surface area contributed by atoms with Crippen molar-refractivity contribution in [2.24, 2.45) is 5.92 Å². The van der Waals surface area contributed by atoms with E-state index in [0.29, 0.717) is 12.1 Å². The molecule has 4 heteroatoms. The summed E-state index contributed by atoms with van der Waals surface area (Å²) in [5.41, 5.74) is 3.62. The summed E-state index contributed by atoms with van der Waals surface area (Å²) in [6.45, 7) is 2.66. The van der Waals surface area contributed by atoms with E-state index in [9.17, 15) is 4.79 Å². The molecule has 0 bridgehead atoms. The molecule has 0 unspecified atom stereocenters. The molecule has 1 heterocycles. The Kier molecular flexibility index (Phi) is 3.40. The third kappa shape index (κ3) is 2.45. The first kappa shape index (κ1) is 11.6. The summed E-state index contributed by atoms with van der Waals surface area (Å²) in [6.07, 6.45) is 0.851. The maximum Gasteiger partial charge on any atom is 0.267 e. The van der Waals surface area contributed by atoms with E-state index in [4.69, 9.17) is 5.26 Å². The quantitative estimate of drug-likeness (QED) is 0.795. The third-order valence-corrected chi connectivity index (χ3v) is 3.08. The number of nitrogens with zero attached hydrogens (tertiary/aromatic N) is 2. The largest absolute Gasteiger partial charge is 0.273 e. The molecule has 88 valence electrons. The molecule has 1 fully saturated rings. The van der Waals surface area contributed by atoms with Gasteiger partial charge in [0, 0.05) is 12.1 Å². The summed E-state index contributed by atoms with van der Waals surface area (Å²) in [7, 11) is 0. The Morgan fingerprint density at radius 2 is 2.18 bits per heavy atom. The van der Waals surface area contributed by atoms with Crippen LogP contribution >= 0.6 is 0 Å². The Bertz CT molecular complexity index is 438. The molecule has 2 rings (SSSR count). The van der Waals surface area contributed by atoms with Gasteiger partial charge in [-0.05, 0) is 24.5 Å². The van der Waals surface area contributed by atoms with Crippen LogP contribution in [0.1, 0.15) is 23.7 Å². The van der Waals surface area contributed by atoms with Crippen LogP contribution in [0.25, 0.3) is 0 Å². The van der Waals surface area contributed by atoms with Crippen LogP contribution in [0.4, 0.5) is 0 Å². The first-order chi connectivity index (χ1) is 8.22. The van der Waals surface area contributed by atoms with Crippen LogP contribution in [-0.4, -0.2) is 23.5 Å². The highest BCUT2D eigenvalue weighted by atomic mass is 16.2. The smallest absolute Gasteiger partial charge is 0.267 e. The standard InChI is InChI=1S/C13H15N3O/c1-10-7-8-16(15-12(10)9-14)13(17)11-5-3-2-4-6-11/h2-6,10,12,15H,7-8H2,1H3/t10-,12+/m1/s1. The van der Waals surface area contributed by atoms with Gasteiger partial charge in [0.2, 0.25) is 0 Å². The fourth-order valence-electron chi connectivity index (χ4n) is 1.91. The lowest BCUT2D eigenvalue weighted by Crippen LogP contribution is -2.54. The minimum atomic E-state index is -0.281. The maximum absolute atomic E-state index is 12.1. The number of carbonyl (C=O) groups is 1. The van der Waals surface area contributed by atoms with Crippen molar-refractivity contribution in [2.45, 2.75) is 19.4 Å². The number of nitrogens with one attached hydrogen (secondary N) is 1. The van der Waals surface area contributed by atoms with Gasteiger partial charge < -0.3 is 0 Å². The van der Waals surface area contributed by atoms with E-state index in [2.05, 4.69) is 11.5 Å². The van der Waals surface area contributed by atoms with Crippen molar-refractivity contribution < 1.29 is 4.79 Å². The average molecular weight is 229 g/mol. The average Bonchev–Trinajstić information content (AvgIpc) is 2.39. The number of amides is 1. The molecule has 1 N–H and O–H groups in total. The topological polar surface area (TPSA) is 56.1 Å². The first-order valence-electron chi connectivity index (χ1n) is 5.75. The van der Waals surface area contributed by atoms with Crippen LogP contribution < -0.4 is 5.43 Å². The van der Waals surface area contributed by atoms with Gasteiger partial charge in [0.15, 0.2) is 0 Å². The SMILES string of the molecule is C[C@@H]1CCN(C(=O)c2ccccc2)N[C@H]1C#N. The summed E-state index contributed by atoms with van der Waals surface area (Å²) >= 11 is 0. The summed E-state index contributed by atoms with van der Waals surface area (Å²) < 4.78 is 0. The summed E-state index contributed by atoms with van der Waals surface area (Å²) in [5.74, 6) is 0.206. The van der Waals surface area contributed by atoms with Crippen molar-refractivity contribution in [1.29, 1.82) is 5.26 Å². The molecule has 0 aromatic heterocycles. The van der Waals surface area contributed by atoms with E-state index in [1.165, 1.54) is 0 Å². The van der Waals surface area contributed by atoms with Crippen LogP contribution in [0, 0.1) is 17.2 Å². The molecular weight excluding hydrogens is 214 g/mol. The van der Waals surface area contributed by atoms with Crippen LogP contribution in [0.3, 0.4) is 0 Å². The van der Waals surface area contributed by atoms with Gasteiger partial charge in [-0.3, -0.25) is 9.80 Å². The van der Waals surface area contributed by atoms with E-state index < -0.39 is 0 Å². The van der Waals surface area contributed by atoms with Gasteiger partial charge in [-0.15, -0.1) is 0 Å². The molecule has 1 saturated heterocycles. The fraction of sp³-hybridized carbons (Fsp3) is 0.385. The predicted octanol–water partition coefficient (Wildman–Crippen LogP) is 1.57. The van der Waals surface area contributed by atoms with Crippen LogP contribution in [0.15, 0.2) is 30.3 Å². The number of carbonyl (C=O) groups excluding carboxylic acids is 1. The molecule has 0 aliphatic carbocycles. The molecule has 17 heavy (non-hydrogen) atoms. The zero-order valence-corrected chi connectivity index (χ0v) is 9.76. The molecule has 1 aliphatic heterocycles. The van der Waals surface area contributed by atoms with Crippen LogP contribution in [-0.2, 0) is 0 Å². The van der Waals surface area contributed by atoms with Gasteiger partial charge in [-0.1, -0.05) is 25.1 Å². The van der Waals surface area contributed by atoms with Gasteiger partial charge in [-0.2, -0.15) is 5.26 Å². The number of hydrogen-bond acceptors (Lipinski definition) is 3. The van der Waals surface area contributed by atoms with E-state index in [-0.39, 0.29) is 17.9 Å². The summed E-state index contributed by atoms with van der Waals surface area (Å²) in [5, 5.41) is 10.5. The molecule has 0 saturated carbocycles. The van der Waals surface area contributed by atoms with E-state index >= 15 is 0 Å². The van der Waals surface area contributed by atoms with Gasteiger partial charge in [0.1, 0.15) is 6.04 Å². The second-order valence-corrected chi connectivity index (χ2v) is 4.32. The molecule has 4 nitrogen and oxygen atoms in total. The molecule has 2 atom stereocenters. The van der Waals surface area contributed by atoms with Crippen molar-refractivity contribution in [3.05, 3.63) is 35.9 Å². The van der Waals surface area contributed by atoms with E-state index in [0.717, 1.165) is 6.42 Å². The third-order valence-electron chi connectivity index (χ3n) is 3.08.